The highest BCUT2D eigenvalue weighted by Crippen LogP contribution is 2.37. The van der Waals surface area contributed by atoms with E-state index in [9.17, 15) is 0 Å². The Morgan fingerprint density at radius 3 is 2.27 bits per heavy atom. The summed E-state index contributed by atoms with van der Waals surface area (Å²) in [6, 6.07) is 21.3. The van der Waals surface area contributed by atoms with E-state index in [1.807, 2.05) is 62.4 Å². The minimum atomic E-state index is -1.16. The van der Waals surface area contributed by atoms with Gasteiger partial charge in [0.1, 0.15) is 24.4 Å². The Morgan fingerprint density at radius 1 is 0.892 bits per heavy atom. The predicted octanol–water partition coefficient (Wildman–Crippen LogP) is 6.12. The second-order valence-corrected chi connectivity index (χ2v) is 16.7. The Bertz CT molecular complexity index is 961. The van der Waals surface area contributed by atoms with Crippen molar-refractivity contribution in [2.24, 2.45) is 0 Å². The second-order valence-electron chi connectivity index (χ2n) is 11.2. The summed E-state index contributed by atoms with van der Waals surface area (Å²) in [5, 5.41) is 0. The first-order valence-electron chi connectivity index (χ1n) is 13.4. The lowest BCUT2D eigenvalue weighted by molar-refractivity contribution is -0.374. The lowest BCUT2D eigenvalue weighted by Crippen LogP contribution is -2.64. The molecule has 0 aliphatic carbocycles. The lowest BCUT2D eigenvalue weighted by atomic mass is 9.97. The van der Waals surface area contributed by atoms with Gasteiger partial charge in [0.2, 0.25) is 0 Å². The van der Waals surface area contributed by atoms with Crippen LogP contribution in [0.15, 0.2) is 72.8 Å². The van der Waals surface area contributed by atoms with Crippen LogP contribution in [0.1, 0.15) is 31.3 Å². The van der Waals surface area contributed by atoms with Gasteiger partial charge < -0.3 is 28.4 Å². The van der Waals surface area contributed by atoms with E-state index in [2.05, 4.69) is 43.9 Å². The molecule has 0 saturated carbocycles. The van der Waals surface area contributed by atoms with Crippen molar-refractivity contribution in [3.63, 3.8) is 0 Å². The molecule has 202 valence electrons. The molecule has 7 heteroatoms. The zero-order valence-corrected chi connectivity index (χ0v) is 23.7. The third-order valence-corrected chi connectivity index (χ3v) is 7.79. The summed E-state index contributed by atoms with van der Waals surface area (Å²) >= 11 is 0. The van der Waals surface area contributed by atoms with Gasteiger partial charge in [0, 0.05) is 13.6 Å². The Hall–Kier alpha value is -1.84. The molecule has 6 nitrogen and oxygen atoms in total. The smallest absolute Gasteiger partial charge is 0.187 e. The van der Waals surface area contributed by atoms with Gasteiger partial charge in [0.25, 0.3) is 0 Å². The van der Waals surface area contributed by atoms with Gasteiger partial charge in [-0.05, 0) is 25.5 Å². The Balaban J connectivity index is 1.55. The number of hydrogen-bond acceptors (Lipinski definition) is 6. The summed E-state index contributed by atoms with van der Waals surface area (Å²) in [7, 11) is -1.16. The molecule has 2 aromatic rings. The van der Waals surface area contributed by atoms with Gasteiger partial charge in [-0.15, -0.1) is 0 Å². The maximum absolute atomic E-state index is 6.58. The zero-order valence-electron chi connectivity index (χ0n) is 22.7. The molecule has 2 aliphatic rings. The van der Waals surface area contributed by atoms with Gasteiger partial charge in [0.15, 0.2) is 12.6 Å². The van der Waals surface area contributed by atoms with Gasteiger partial charge in [0.05, 0.1) is 25.9 Å². The molecule has 2 heterocycles. The van der Waals surface area contributed by atoms with Crippen LogP contribution in [-0.4, -0.2) is 58.1 Å². The minimum Gasteiger partial charge on any atom is -0.368 e. The fourth-order valence-electron chi connectivity index (χ4n) is 4.51. The molecule has 0 radical (unpaired) electrons. The first-order chi connectivity index (χ1) is 17.8. The van der Waals surface area contributed by atoms with Crippen molar-refractivity contribution in [1.29, 1.82) is 0 Å². The highest BCUT2D eigenvalue weighted by molar-refractivity contribution is 6.76. The molecule has 4 rings (SSSR count). The largest absolute Gasteiger partial charge is 0.368 e. The standard InChI is InChI=1S/C30H42O6Si/c1-22(2)34-30-28(31-18-12-13-19-37(3,4)5)27(32-20-23-14-8-6-9-15-23)26-25(35-30)21-33-29(36-26)24-16-10-7-11-17-24/h6-17,22,25-30H,18-21H2,1-5H3/b13-12-/t25-,26-,27+,28+,29?,30+/m1/s1. The Morgan fingerprint density at radius 2 is 1.59 bits per heavy atom. The van der Waals surface area contributed by atoms with Crippen molar-refractivity contribution in [3.8, 4) is 0 Å². The quantitative estimate of drug-likeness (QED) is 0.260. The van der Waals surface area contributed by atoms with E-state index in [0.29, 0.717) is 19.8 Å². The van der Waals surface area contributed by atoms with Crippen LogP contribution in [0.25, 0.3) is 0 Å². The monoisotopic (exact) mass is 526 g/mol. The highest BCUT2D eigenvalue weighted by atomic mass is 28.3. The van der Waals surface area contributed by atoms with Crippen LogP contribution in [0.4, 0.5) is 0 Å². The minimum absolute atomic E-state index is 0.0349. The summed E-state index contributed by atoms with van der Waals surface area (Å²) in [6.45, 7) is 12.4. The average Bonchev–Trinajstić information content (AvgIpc) is 2.87. The maximum atomic E-state index is 6.58. The first kappa shape index (κ1) is 28.2. The molecule has 6 atom stereocenters. The molecule has 2 aliphatic heterocycles. The van der Waals surface area contributed by atoms with Crippen molar-refractivity contribution >= 4 is 8.07 Å². The van der Waals surface area contributed by atoms with Crippen LogP contribution < -0.4 is 0 Å². The topological polar surface area (TPSA) is 55.4 Å². The SMILES string of the molecule is CC(C)O[C@H]1O[C@@H]2COC(c3ccccc3)O[C@H]2[C@H](OCc2ccccc2)[C@@H]1OC/C=C\C[Si](C)(C)C. The summed E-state index contributed by atoms with van der Waals surface area (Å²) in [6.07, 6.45) is 1.66. The first-order valence-corrected chi connectivity index (χ1v) is 17.1. The number of benzene rings is 2. The molecule has 0 aromatic heterocycles. The number of fused-ring (bicyclic) bond motifs is 1. The molecule has 0 N–H and O–H groups in total. The molecule has 0 bridgehead atoms. The summed E-state index contributed by atoms with van der Waals surface area (Å²) in [5.41, 5.74) is 2.06. The molecule has 37 heavy (non-hydrogen) atoms. The van der Waals surface area contributed by atoms with Gasteiger partial charge >= 0.3 is 0 Å². The molecule has 2 saturated heterocycles. The zero-order chi connectivity index (χ0) is 26.3. The van der Waals surface area contributed by atoms with Crippen molar-refractivity contribution in [2.75, 3.05) is 13.2 Å². The fourth-order valence-corrected chi connectivity index (χ4v) is 5.38. The lowest BCUT2D eigenvalue weighted by Gasteiger charge is -2.49. The molecule has 2 fully saturated rings. The van der Waals surface area contributed by atoms with Crippen molar-refractivity contribution in [3.05, 3.63) is 83.9 Å². The Kier molecular flexibility index (Phi) is 10.1. The number of ether oxygens (including phenoxy) is 6. The highest BCUT2D eigenvalue weighted by Gasteiger charge is 2.52. The van der Waals surface area contributed by atoms with E-state index in [0.717, 1.165) is 17.2 Å². The van der Waals surface area contributed by atoms with Crippen LogP contribution in [-0.2, 0) is 35.0 Å². The number of hydrogen-bond donors (Lipinski definition) is 0. The molecule has 0 spiro atoms. The van der Waals surface area contributed by atoms with Gasteiger partial charge in [-0.1, -0.05) is 92.5 Å². The van der Waals surface area contributed by atoms with Crippen LogP contribution in [0.3, 0.4) is 0 Å². The number of rotatable bonds is 11. The summed E-state index contributed by atoms with van der Waals surface area (Å²) < 4.78 is 38.2. The van der Waals surface area contributed by atoms with Gasteiger partial charge in [-0.2, -0.15) is 0 Å². The van der Waals surface area contributed by atoms with Crippen LogP contribution in [0.5, 0.6) is 0 Å². The molecule has 1 unspecified atom stereocenters. The average molecular weight is 527 g/mol. The predicted molar refractivity (Wildman–Crippen MR) is 147 cm³/mol. The molecular weight excluding hydrogens is 484 g/mol. The van der Waals surface area contributed by atoms with Crippen LogP contribution >= 0.6 is 0 Å². The molecular formula is C30H42O6Si. The fraction of sp³-hybridized carbons (Fsp3) is 0.533. The van der Waals surface area contributed by atoms with Crippen molar-refractivity contribution < 1.29 is 28.4 Å². The van der Waals surface area contributed by atoms with E-state index in [1.54, 1.807) is 0 Å². The van der Waals surface area contributed by atoms with E-state index in [4.69, 9.17) is 28.4 Å². The second kappa shape index (κ2) is 13.3. The summed E-state index contributed by atoms with van der Waals surface area (Å²) in [4.78, 5) is 0. The van der Waals surface area contributed by atoms with E-state index >= 15 is 0 Å². The van der Waals surface area contributed by atoms with Crippen LogP contribution in [0.2, 0.25) is 25.7 Å². The van der Waals surface area contributed by atoms with E-state index in [1.165, 1.54) is 0 Å². The third kappa shape index (κ3) is 8.32. The van der Waals surface area contributed by atoms with Crippen molar-refractivity contribution in [1.82, 2.24) is 0 Å². The van der Waals surface area contributed by atoms with Crippen molar-refractivity contribution in [2.45, 2.75) is 89.2 Å². The third-order valence-electron chi connectivity index (χ3n) is 6.33. The van der Waals surface area contributed by atoms with E-state index in [-0.39, 0.29) is 18.3 Å². The summed E-state index contributed by atoms with van der Waals surface area (Å²) in [5.74, 6) is 0. The van der Waals surface area contributed by atoms with Gasteiger partial charge in [-0.25, -0.2) is 0 Å². The van der Waals surface area contributed by atoms with E-state index < -0.39 is 32.9 Å². The molecule has 0 amide bonds. The maximum Gasteiger partial charge on any atom is 0.187 e. The molecule has 2 aromatic carbocycles. The van der Waals surface area contributed by atoms with Gasteiger partial charge in [-0.3, -0.25) is 0 Å². The number of allylic oxidation sites excluding steroid dienone is 1. The van der Waals surface area contributed by atoms with Crippen LogP contribution in [0, 0.1) is 0 Å². The normalized spacial score (nSPS) is 28.5. The Labute approximate surface area is 222 Å².